The third kappa shape index (κ3) is 1.24. The zero-order valence-electron chi connectivity index (χ0n) is 5.57. The number of nitro groups is 1. The molecule has 7 heteroatoms. The first-order chi connectivity index (χ1) is 5.52. The maximum absolute atomic E-state index is 12.5. The SMILES string of the molecule is O=C(O)c1cc(F)c([N+](=O)[O-])[nH]1. The predicted octanol–water partition coefficient (Wildman–Crippen LogP) is 0.760. The number of aromatic nitrogens is 1. The summed E-state index contributed by atoms with van der Waals surface area (Å²) < 4.78 is 12.5. The number of halogens is 1. The number of aromatic carboxylic acids is 1. The third-order valence-corrected chi connectivity index (χ3v) is 1.16. The van der Waals surface area contributed by atoms with Crippen molar-refractivity contribution in [3.05, 3.63) is 27.7 Å². The van der Waals surface area contributed by atoms with Crippen LogP contribution in [0.3, 0.4) is 0 Å². The molecule has 64 valence electrons. The Hall–Kier alpha value is -1.92. The van der Waals surface area contributed by atoms with E-state index in [4.69, 9.17) is 5.11 Å². The quantitative estimate of drug-likeness (QED) is 0.510. The van der Waals surface area contributed by atoms with Crippen LogP contribution in [0.2, 0.25) is 0 Å². The Labute approximate surface area is 64.8 Å². The molecular weight excluding hydrogens is 171 g/mol. The minimum absolute atomic E-state index is 0.542. The standard InChI is InChI=1S/C5H3FN2O4/c6-2-1-3(5(9)10)7-4(2)8(11)12/h1,7H,(H,9,10). The molecule has 0 bridgehead atoms. The molecule has 0 unspecified atom stereocenters. The molecule has 0 saturated carbocycles. The number of carboxylic acid groups (broad SMARTS) is 1. The number of H-pyrrole nitrogens is 1. The van der Waals surface area contributed by atoms with E-state index in [1.807, 2.05) is 0 Å². The molecule has 0 radical (unpaired) electrons. The zero-order valence-corrected chi connectivity index (χ0v) is 5.57. The van der Waals surface area contributed by atoms with Gasteiger partial charge in [-0.1, -0.05) is 0 Å². The van der Waals surface area contributed by atoms with E-state index in [2.05, 4.69) is 0 Å². The minimum Gasteiger partial charge on any atom is -0.475 e. The van der Waals surface area contributed by atoms with E-state index in [0.29, 0.717) is 6.07 Å². The highest BCUT2D eigenvalue weighted by Gasteiger charge is 2.21. The van der Waals surface area contributed by atoms with Gasteiger partial charge in [0.15, 0.2) is 0 Å². The molecule has 0 aliphatic rings. The van der Waals surface area contributed by atoms with Crippen LogP contribution in [0.1, 0.15) is 10.5 Å². The molecular formula is C5H3FN2O4. The van der Waals surface area contributed by atoms with Gasteiger partial charge < -0.3 is 15.2 Å². The topological polar surface area (TPSA) is 96.2 Å². The van der Waals surface area contributed by atoms with Gasteiger partial charge in [-0.2, -0.15) is 4.39 Å². The Morgan fingerprint density at radius 2 is 2.33 bits per heavy atom. The molecule has 0 saturated heterocycles. The van der Waals surface area contributed by atoms with Gasteiger partial charge in [-0.15, -0.1) is 0 Å². The van der Waals surface area contributed by atoms with Crippen LogP contribution < -0.4 is 0 Å². The van der Waals surface area contributed by atoms with Gasteiger partial charge in [-0.05, 0) is 4.92 Å². The van der Waals surface area contributed by atoms with Gasteiger partial charge in [0.2, 0.25) is 11.5 Å². The van der Waals surface area contributed by atoms with Crippen LogP contribution >= 0.6 is 0 Å². The number of hydrogen-bond donors (Lipinski definition) is 2. The normalized spacial score (nSPS) is 9.75. The average Bonchev–Trinajstić information content (AvgIpc) is 2.30. The molecule has 1 heterocycles. The molecule has 0 aliphatic carbocycles. The summed E-state index contributed by atoms with van der Waals surface area (Å²) in [5.74, 6) is -3.56. The Kier molecular flexibility index (Phi) is 1.78. The number of carboxylic acids is 1. The highest BCUT2D eigenvalue weighted by atomic mass is 19.1. The van der Waals surface area contributed by atoms with Gasteiger partial charge in [0.05, 0.1) is 0 Å². The molecule has 0 spiro atoms. The van der Waals surface area contributed by atoms with Crippen molar-refractivity contribution < 1.29 is 19.2 Å². The summed E-state index contributed by atoms with van der Waals surface area (Å²) in [6.07, 6.45) is 0. The van der Waals surface area contributed by atoms with Crippen molar-refractivity contribution in [1.29, 1.82) is 0 Å². The van der Waals surface area contributed by atoms with Crippen LogP contribution in [0, 0.1) is 15.9 Å². The fourth-order valence-electron chi connectivity index (χ4n) is 0.666. The lowest BCUT2D eigenvalue weighted by molar-refractivity contribution is -0.391. The summed E-state index contributed by atoms with van der Waals surface area (Å²) >= 11 is 0. The molecule has 0 aromatic carbocycles. The molecule has 2 N–H and O–H groups in total. The molecule has 0 fully saturated rings. The van der Waals surface area contributed by atoms with E-state index in [-0.39, 0.29) is 0 Å². The predicted molar refractivity (Wildman–Crippen MR) is 34.4 cm³/mol. The van der Waals surface area contributed by atoms with E-state index in [1.165, 1.54) is 0 Å². The largest absolute Gasteiger partial charge is 0.475 e. The number of nitrogens with zero attached hydrogens (tertiary/aromatic N) is 1. The van der Waals surface area contributed by atoms with Crippen LogP contribution in [-0.2, 0) is 0 Å². The molecule has 1 aromatic rings. The third-order valence-electron chi connectivity index (χ3n) is 1.16. The lowest BCUT2D eigenvalue weighted by Gasteiger charge is -1.87. The van der Waals surface area contributed by atoms with Crippen molar-refractivity contribution in [2.45, 2.75) is 0 Å². The highest BCUT2D eigenvalue weighted by Crippen LogP contribution is 2.16. The van der Waals surface area contributed by atoms with E-state index >= 15 is 0 Å². The molecule has 1 aromatic heterocycles. The Bertz CT molecular complexity index is 345. The van der Waals surface area contributed by atoms with E-state index in [1.54, 1.807) is 4.98 Å². The summed E-state index contributed by atoms with van der Waals surface area (Å²) in [4.78, 5) is 20.9. The number of rotatable bonds is 2. The monoisotopic (exact) mass is 174 g/mol. The van der Waals surface area contributed by atoms with Gasteiger partial charge >= 0.3 is 11.8 Å². The molecule has 6 nitrogen and oxygen atoms in total. The smallest absolute Gasteiger partial charge is 0.376 e. The average molecular weight is 174 g/mol. The molecule has 0 aliphatic heterocycles. The highest BCUT2D eigenvalue weighted by molar-refractivity contribution is 5.86. The maximum atomic E-state index is 12.5. The van der Waals surface area contributed by atoms with E-state index < -0.39 is 28.2 Å². The van der Waals surface area contributed by atoms with Gasteiger partial charge in [0, 0.05) is 6.07 Å². The van der Waals surface area contributed by atoms with Crippen LogP contribution in [0.4, 0.5) is 10.2 Å². The minimum atomic E-state index is -1.44. The molecule has 1 rings (SSSR count). The fourth-order valence-corrected chi connectivity index (χ4v) is 0.666. The maximum Gasteiger partial charge on any atom is 0.376 e. The summed E-state index contributed by atoms with van der Waals surface area (Å²) in [6, 6.07) is 0.556. The number of carbonyl (C=O) groups is 1. The Morgan fingerprint density at radius 1 is 1.75 bits per heavy atom. The summed E-state index contributed by atoms with van der Waals surface area (Å²) in [5.41, 5.74) is -0.542. The van der Waals surface area contributed by atoms with E-state index in [9.17, 15) is 19.3 Å². The molecule has 0 amide bonds. The molecule has 12 heavy (non-hydrogen) atoms. The Morgan fingerprint density at radius 3 is 2.58 bits per heavy atom. The summed E-state index contributed by atoms with van der Waals surface area (Å²) in [7, 11) is 0. The Balaban J connectivity index is 3.17. The lowest BCUT2D eigenvalue weighted by Crippen LogP contribution is -1.96. The van der Waals surface area contributed by atoms with Gasteiger partial charge in [-0.25, -0.2) is 9.78 Å². The second-order valence-corrected chi connectivity index (χ2v) is 1.94. The number of nitrogens with one attached hydrogen (secondary N) is 1. The summed E-state index contributed by atoms with van der Waals surface area (Å²) in [6.45, 7) is 0. The van der Waals surface area contributed by atoms with Crippen molar-refractivity contribution in [2.24, 2.45) is 0 Å². The fraction of sp³-hybridized carbons (Fsp3) is 0. The lowest BCUT2D eigenvalue weighted by atomic mass is 10.4. The number of aromatic amines is 1. The second kappa shape index (κ2) is 2.61. The first kappa shape index (κ1) is 8.18. The van der Waals surface area contributed by atoms with Crippen LogP contribution in [0.15, 0.2) is 6.07 Å². The zero-order chi connectivity index (χ0) is 9.30. The van der Waals surface area contributed by atoms with Gasteiger partial charge in [-0.3, -0.25) is 0 Å². The van der Waals surface area contributed by atoms with Crippen molar-refractivity contribution in [3.8, 4) is 0 Å². The van der Waals surface area contributed by atoms with Gasteiger partial charge in [0.25, 0.3) is 0 Å². The van der Waals surface area contributed by atoms with Crippen LogP contribution in [0.5, 0.6) is 0 Å². The van der Waals surface area contributed by atoms with Crippen molar-refractivity contribution >= 4 is 11.8 Å². The van der Waals surface area contributed by atoms with Crippen LogP contribution in [0.25, 0.3) is 0 Å². The first-order valence-corrected chi connectivity index (χ1v) is 2.78. The molecule has 0 atom stereocenters. The second-order valence-electron chi connectivity index (χ2n) is 1.94. The van der Waals surface area contributed by atoms with Crippen molar-refractivity contribution in [2.75, 3.05) is 0 Å². The van der Waals surface area contributed by atoms with Gasteiger partial charge in [0.1, 0.15) is 0 Å². The number of hydrogen-bond acceptors (Lipinski definition) is 3. The first-order valence-electron chi connectivity index (χ1n) is 2.78. The van der Waals surface area contributed by atoms with Crippen LogP contribution in [-0.4, -0.2) is 21.0 Å². The van der Waals surface area contributed by atoms with Crippen molar-refractivity contribution in [3.63, 3.8) is 0 Å². The summed E-state index contributed by atoms with van der Waals surface area (Å²) in [5, 5.41) is 18.3. The van der Waals surface area contributed by atoms with E-state index in [0.717, 1.165) is 0 Å². The van der Waals surface area contributed by atoms with Crippen molar-refractivity contribution in [1.82, 2.24) is 4.98 Å².